The third kappa shape index (κ3) is 4.56. The Morgan fingerprint density at radius 3 is 2.70 bits per heavy atom. The summed E-state index contributed by atoms with van der Waals surface area (Å²) in [6, 6.07) is 8.76. The average Bonchev–Trinajstić information content (AvgIpc) is 3.25. The fraction of sp³-hybridized carbons (Fsp3) is 0.100. The standard InChI is InChI=1S/C20H11F3N4O6/c21-20(22,23)11-3-1-2-10(6-11)18-25-17(33-26-18)9-32-19(29)14-8-16(28)24-15-5-4-12(27(30)31)7-13(14)15/h1-8H,9H2,(H,24,28). The van der Waals surface area contributed by atoms with Gasteiger partial charge in [0.25, 0.3) is 11.6 Å². The summed E-state index contributed by atoms with van der Waals surface area (Å²) < 4.78 is 48.6. The monoisotopic (exact) mass is 460 g/mol. The topological polar surface area (TPSA) is 141 Å². The molecule has 168 valence electrons. The smallest absolute Gasteiger partial charge is 0.416 e. The molecule has 0 spiro atoms. The Labute approximate surface area is 180 Å². The minimum Gasteiger partial charge on any atom is -0.452 e. The molecule has 0 radical (unpaired) electrons. The zero-order valence-electron chi connectivity index (χ0n) is 16.3. The molecule has 10 nitrogen and oxygen atoms in total. The maximum absolute atomic E-state index is 12.9. The van der Waals surface area contributed by atoms with E-state index in [4.69, 9.17) is 9.26 Å². The molecule has 33 heavy (non-hydrogen) atoms. The summed E-state index contributed by atoms with van der Waals surface area (Å²) in [5.74, 6) is -1.36. The summed E-state index contributed by atoms with van der Waals surface area (Å²) in [6.07, 6.45) is -4.55. The lowest BCUT2D eigenvalue weighted by molar-refractivity contribution is -0.384. The van der Waals surface area contributed by atoms with E-state index in [0.717, 1.165) is 24.3 Å². The van der Waals surface area contributed by atoms with Crippen LogP contribution < -0.4 is 5.56 Å². The van der Waals surface area contributed by atoms with Gasteiger partial charge in [-0.2, -0.15) is 18.2 Å². The number of nitrogens with one attached hydrogen (secondary N) is 1. The van der Waals surface area contributed by atoms with Crippen LogP contribution in [0.3, 0.4) is 0 Å². The number of nitro groups is 1. The van der Waals surface area contributed by atoms with E-state index in [0.29, 0.717) is 0 Å². The van der Waals surface area contributed by atoms with Crippen molar-refractivity contribution in [3.05, 3.63) is 86.0 Å². The van der Waals surface area contributed by atoms with Crippen molar-refractivity contribution in [2.24, 2.45) is 0 Å². The minimum atomic E-state index is -4.55. The molecule has 4 aromatic rings. The van der Waals surface area contributed by atoms with Gasteiger partial charge in [0.05, 0.1) is 16.1 Å². The molecule has 0 aliphatic rings. The van der Waals surface area contributed by atoms with E-state index in [1.54, 1.807) is 0 Å². The number of carbonyl (C=O) groups excluding carboxylic acids is 1. The minimum absolute atomic E-state index is 0.0408. The van der Waals surface area contributed by atoms with Crippen LogP contribution in [0, 0.1) is 10.1 Å². The fourth-order valence-electron chi connectivity index (χ4n) is 2.99. The van der Waals surface area contributed by atoms with Gasteiger partial charge in [0.1, 0.15) is 0 Å². The van der Waals surface area contributed by atoms with Crippen molar-refractivity contribution in [3.63, 3.8) is 0 Å². The second kappa shape index (κ2) is 8.18. The molecule has 0 amide bonds. The van der Waals surface area contributed by atoms with Gasteiger partial charge in [-0.1, -0.05) is 17.3 Å². The molecule has 0 atom stereocenters. The van der Waals surface area contributed by atoms with E-state index in [2.05, 4.69) is 15.1 Å². The third-order valence-corrected chi connectivity index (χ3v) is 4.50. The highest BCUT2D eigenvalue weighted by molar-refractivity contribution is 6.03. The molecule has 13 heteroatoms. The van der Waals surface area contributed by atoms with E-state index < -0.39 is 34.8 Å². The summed E-state index contributed by atoms with van der Waals surface area (Å²) in [5.41, 5.74) is -1.83. The second-order valence-electron chi connectivity index (χ2n) is 6.70. The van der Waals surface area contributed by atoms with Gasteiger partial charge in [-0.3, -0.25) is 14.9 Å². The van der Waals surface area contributed by atoms with Gasteiger partial charge in [0, 0.05) is 34.7 Å². The summed E-state index contributed by atoms with van der Waals surface area (Å²) in [7, 11) is 0. The summed E-state index contributed by atoms with van der Waals surface area (Å²) in [5, 5.41) is 14.7. The van der Waals surface area contributed by atoms with Crippen molar-refractivity contribution in [2.45, 2.75) is 12.8 Å². The maximum Gasteiger partial charge on any atom is 0.416 e. The Morgan fingerprint density at radius 1 is 1.18 bits per heavy atom. The molecule has 0 aliphatic carbocycles. The summed E-state index contributed by atoms with van der Waals surface area (Å²) >= 11 is 0. The van der Waals surface area contributed by atoms with Crippen LogP contribution in [0.2, 0.25) is 0 Å². The number of rotatable bonds is 5. The predicted octanol–water partition coefficient (Wildman–Crippen LogP) is 3.86. The number of esters is 1. The van der Waals surface area contributed by atoms with E-state index in [1.807, 2.05) is 0 Å². The van der Waals surface area contributed by atoms with Crippen LogP contribution in [-0.2, 0) is 17.5 Å². The first-order valence-electron chi connectivity index (χ1n) is 9.10. The second-order valence-corrected chi connectivity index (χ2v) is 6.70. The SMILES string of the molecule is O=C(OCc1nc(-c2cccc(C(F)(F)F)c2)no1)c1cc(=O)[nH]c2ccc([N+](=O)[O-])cc12. The highest BCUT2D eigenvalue weighted by Gasteiger charge is 2.30. The molecule has 0 unspecified atom stereocenters. The Balaban J connectivity index is 1.55. The van der Waals surface area contributed by atoms with E-state index in [1.165, 1.54) is 24.3 Å². The third-order valence-electron chi connectivity index (χ3n) is 4.50. The van der Waals surface area contributed by atoms with Crippen LogP contribution in [0.4, 0.5) is 18.9 Å². The van der Waals surface area contributed by atoms with Crippen molar-refractivity contribution < 1.29 is 32.1 Å². The van der Waals surface area contributed by atoms with Crippen molar-refractivity contribution in [1.82, 2.24) is 15.1 Å². The number of pyridine rings is 1. The van der Waals surface area contributed by atoms with Gasteiger partial charge in [-0.05, 0) is 18.2 Å². The lowest BCUT2D eigenvalue weighted by Gasteiger charge is -2.06. The number of benzene rings is 2. The number of alkyl halides is 3. The number of nitrogens with zero attached hydrogens (tertiary/aromatic N) is 3. The normalized spacial score (nSPS) is 11.5. The van der Waals surface area contributed by atoms with Gasteiger partial charge < -0.3 is 14.2 Å². The number of ether oxygens (including phenoxy) is 1. The molecule has 2 heterocycles. The van der Waals surface area contributed by atoms with Crippen LogP contribution in [0.15, 0.2) is 57.8 Å². The maximum atomic E-state index is 12.9. The summed E-state index contributed by atoms with van der Waals surface area (Å²) in [6.45, 7) is -0.548. The largest absolute Gasteiger partial charge is 0.452 e. The highest BCUT2D eigenvalue weighted by Crippen LogP contribution is 2.31. The number of fused-ring (bicyclic) bond motifs is 1. The number of non-ortho nitro benzene ring substituents is 1. The van der Waals surface area contributed by atoms with Gasteiger partial charge in [-0.25, -0.2) is 4.79 Å². The van der Waals surface area contributed by atoms with Crippen LogP contribution in [0.1, 0.15) is 21.8 Å². The predicted molar refractivity (Wildman–Crippen MR) is 105 cm³/mol. The zero-order chi connectivity index (χ0) is 23.8. The van der Waals surface area contributed by atoms with Crippen LogP contribution >= 0.6 is 0 Å². The summed E-state index contributed by atoms with van der Waals surface area (Å²) in [4.78, 5) is 41.1. The molecule has 0 saturated heterocycles. The van der Waals surface area contributed by atoms with E-state index in [-0.39, 0.29) is 39.4 Å². The fourth-order valence-corrected chi connectivity index (χ4v) is 2.99. The zero-order valence-corrected chi connectivity index (χ0v) is 16.3. The van der Waals surface area contributed by atoms with E-state index >= 15 is 0 Å². The van der Waals surface area contributed by atoms with Gasteiger partial charge >= 0.3 is 12.1 Å². The molecule has 2 aromatic heterocycles. The molecular weight excluding hydrogens is 449 g/mol. The number of H-pyrrole nitrogens is 1. The highest BCUT2D eigenvalue weighted by atomic mass is 19.4. The number of aromatic nitrogens is 3. The van der Waals surface area contributed by atoms with Crippen molar-refractivity contribution >= 4 is 22.6 Å². The quantitative estimate of drug-likeness (QED) is 0.269. The first-order valence-corrected chi connectivity index (χ1v) is 9.10. The van der Waals surface area contributed by atoms with Crippen molar-refractivity contribution in [1.29, 1.82) is 0 Å². The van der Waals surface area contributed by atoms with Crippen LogP contribution in [0.25, 0.3) is 22.3 Å². The van der Waals surface area contributed by atoms with Crippen LogP contribution in [-0.4, -0.2) is 26.0 Å². The van der Waals surface area contributed by atoms with Crippen molar-refractivity contribution in [3.8, 4) is 11.4 Å². The average molecular weight is 460 g/mol. The number of carbonyl (C=O) groups is 1. The molecule has 2 aromatic carbocycles. The number of hydrogen-bond donors (Lipinski definition) is 1. The molecule has 0 fully saturated rings. The number of nitro benzene ring substituents is 1. The van der Waals surface area contributed by atoms with Gasteiger partial charge in [0.2, 0.25) is 11.4 Å². The number of hydrogen-bond acceptors (Lipinski definition) is 8. The Bertz CT molecular complexity index is 1440. The number of halogens is 3. The Kier molecular flexibility index (Phi) is 5.37. The first-order chi connectivity index (χ1) is 15.6. The molecule has 0 aliphatic heterocycles. The van der Waals surface area contributed by atoms with Crippen LogP contribution in [0.5, 0.6) is 0 Å². The lowest BCUT2D eigenvalue weighted by atomic mass is 10.1. The molecule has 1 N–H and O–H groups in total. The Morgan fingerprint density at radius 2 is 1.97 bits per heavy atom. The number of aromatic amines is 1. The lowest BCUT2D eigenvalue weighted by Crippen LogP contribution is -2.13. The van der Waals surface area contributed by atoms with E-state index in [9.17, 15) is 32.9 Å². The molecule has 0 bridgehead atoms. The molecule has 4 rings (SSSR count). The van der Waals surface area contributed by atoms with Gasteiger partial charge in [-0.15, -0.1) is 0 Å². The first kappa shape index (κ1) is 21.7. The molecule has 0 saturated carbocycles. The van der Waals surface area contributed by atoms with Crippen molar-refractivity contribution in [2.75, 3.05) is 0 Å². The Hall–Kier alpha value is -4.55. The van der Waals surface area contributed by atoms with Gasteiger partial charge in [0.15, 0.2) is 6.61 Å². The molecular formula is C20H11F3N4O6.